The highest BCUT2D eigenvalue weighted by molar-refractivity contribution is 5.88. The molecule has 1 aliphatic carbocycles. The Labute approximate surface area is 85.1 Å². The number of nitrogens with zero attached hydrogens (tertiary/aromatic N) is 1. The standard InChI is InChI=1S/C11H17NO2/c1-14-8-4-7-11(9-12)6-3-2-5-10(11)13/h2-8H2,1H3. The predicted molar refractivity (Wildman–Crippen MR) is 52.6 cm³/mol. The minimum atomic E-state index is -0.684. The first-order valence-electron chi connectivity index (χ1n) is 5.19. The molecule has 3 heteroatoms. The fraction of sp³-hybridized carbons (Fsp3) is 0.818. The van der Waals surface area contributed by atoms with E-state index in [0.717, 1.165) is 25.7 Å². The van der Waals surface area contributed by atoms with Crippen molar-refractivity contribution in [1.82, 2.24) is 0 Å². The van der Waals surface area contributed by atoms with Crippen LogP contribution in [0.5, 0.6) is 0 Å². The Kier molecular flexibility index (Phi) is 4.09. The molecule has 0 amide bonds. The molecule has 14 heavy (non-hydrogen) atoms. The lowest BCUT2D eigenvalue weighted by molar-refractivity contribution is -0.128. The number of methoxy groups -OCH3 is 1. The highest BCUT2D eigenvalue weighted by Gasteiger charge is 2.39. The first-order chi connectivity index (χ1) is 6.75. The third-order valence-corrected chi connectivity index (χ3v) is 2.96. The van der Waals surface area contributed by atoms with E-state index in [4.69, 9.17) is 10.00 Å². The zero-order valence-corrected chi connectivity index (χ0v) is 8.71. The lowest BCUT2D eigenvalue weighted by Gasteiger charge is -2.28. The lowest BCUT2D eigenvalue weighted by atomic mass is 9.71. The van der Waals surface area contributed by atoms with Gasteiger partial charge in [-0.1, -0.05) is 6.42 Å². The van der Waals surface area contributed by atoms with Crippen molar-refractivity contribution in [2.75, 3.05) is 13.7 Å². The van der Waals surface area contributed by atoms with Crippen molar-refractivity contribution in [3.8, 4) is 6.07 Å². The molecule has 3 nitrogen and oxygen atoms in total. The van der Waals surface area contributed by atoms with Crippen LogP contribution in [0.25, 0.3) is 0 Å². The summed E-state index contributed by atoms with van der Waals surface area (Å²) in [6.07, 6.45) is 4.75. The van der Waals surface area contributed by atoms with Gasteiger partial charge in [0.15, 0.2) is 5.78 Å². The van der Waals surface area contributed by atoms with Crippen molar-refractivity contribution in [2.24, 2.45) is 5.41 Å². The molecular weight excluding hydrogens is 178 g/mol. The second-order valence-electron chi connectivity index (χ2n) is 3.92. The van der Waals surface area contributed by atoms with Gasteiger partial charge < -0.3 is 4.74 Å². The third-order valence-electron chi connectivity index (χ3n) is 2.96. The number of ketones is 1. The van der Waals surface area contributed by atoms with Gasteiger partial charge in [-0.25, -0.2) is 0 Å². The van der Waals surface area contributed by atoms with Gasteiger partial charge in [0.05, 0.1) is 6.07 Å². The number of carbonyl (C=O) groups is 1. The van der Waals surface area contributed by atoms with Crippen molar-refractivity contribution < 1.29 is 9.53 Å². The highest BCUT2D eigenvalue weighted by Crippen LogP contribution is 2.36. The van der Waals surface area contributed by atoms with E-state index in [1.807, 2.05) is 0 Å². The van der Waals surface area contributed by atoms with Crippen molar-refractivity contribution in [2.45, 2.75) is 38.5 Å². The monoisotopic (exact) mass is 195 g/mol. The smallest absolute Gasteiger partial charge is 0.153 e. The van der Waals surface area contributed by atoms with Crippen LogP contribution < -0.4 is 0 Å². The largest absolute Gasteiger partial charge is 0.385 e. The Balaban J connectivity index is 2.55. The average Bonchev–Trinajstić information content (AvgIpc) is 2.21. The minimum Gasteiger partial charge on any atom is -0.385 e. The maximum absolute atomic E-state index is 11.7. The van der Waals surface area contributed by atoms with Crippen molar-refractivity contribution in [3.05, 3.63) is 0 Å². The molecule has 1 saturated carbocycles. The van der Waals surface area contributed by atoms with Crippen LogP contribution in [0.1, 0.15) is 38.5 Å². The van der Waals surface area contributed by atoms with Crippen LogP contribution in [0.2, 0.25) is 0 Å². The van der Waals surface area contributed by atoms with Gasteiger partial charge in [0.25, 0.3) is 0 Å². The number of Topliss-reactive ketones (excluding diaryl/α,β-unsaturated/α-hetero) is 1. The normalized spacial score (nSPS) is 27.3. The van der Waals surface area contributed by atoms with E-state index in [9.17, 15) is 4.79 Å². The van der Waals surface area contributed by atoms with E-state index < -0.39 is 5.41 Å². The maximum Gasteiger partial charge on any atom is 0.153 e. The third kappa shape index (κ3) is 2.33. The fourth-order valence-electron chi connectivity index (χ4n) is 2.05. The van der Waals surface area contributed by atoms with Gasteiger partial charge in [0.1, 0.15) is 5.41 Å². The van der Waals surface area contributed by atoms with Crippen molar-refractivity contribution in [1.29, 1.82) is 5.26 Å². The number of hydrogen-bond donors (Lipinski definition) is 0. The number of carbonyl (C=O) groups excluding carboxylic acids is 1. The average molecular weight is 195 g/mol. The summed E-state index contributed by atoms with van der Waals surface area (Å²) in [5.74, 6) is 0.141. The number of nitriles is 1. The van der Waals surface area contributed by atoms with Crippen molar-refractivity contribution >= 4 is 5.78 Å². The van der Waals surface area contributed by atoms with Gasteiger partial charge in [0, 0.05) is 20.1 Å². The van der Waals surface area contributed by atoms with E-state index in [2.05, 4.69) is 6.07 Å². The van der Waals surface area contributed by atoms with Gasteiger partial charge in [-0.3, -0.25) is 4.79 Å². The number of hydrogen-bond acceptors (Lipinski definition) is 3. The second kappa shape index (κ2) is 5.11. The molecule has 1 unspecified atom stereocenters. The highest BCUT2D eigenvalue weighted by atomic mass is 16.5. The molecule has 0 heterocycles. The van der Waals surface area contributed by atoms with E-state index in [-0.39, 0.29) is 5.78 Å². The van der Waals surface area contributed by atoms with Crippen LogP contribution >= 0.6 is 0 Å². The van der Waals surface area contributed by atoms with Gasteiger partial charge in [-0.2, -0.15) is 5.26 Å². The van der Waals surface area contributed by atoms with Crippen LogP contribution in [0, 0.1) is 16.7 Å². The zero-order valence-electron chi connectivity index (χ0n) is 8.71. The summed E-state index contributed by atoms with van der Waals surface area (Å²) in [7, 11) is 1.64. The molecule has 0 bridgehead atoms. The minimum absolute atomic E-state index is 0.141. The summed E-state index contributed by atoms with van der Waals surface area (Å²) in [5.41, 5.74) is -0.684. The Morgan fingerprint density at radius 1 is 1.57 bits per heavy atom. The molecule has 1 fully saturated rings. The summed E-state index contributed by atoms with van der Waals surface area (Å²) in [4.78, 5) is 11.7. The molecule has 0 aliphatic heterocycles. The van der Waals surface area contributed by atoms with E-state index in [0.29, 0.717) is 19.4 Å². The summed E-state index contributed by atoms with van der Waals surface area (Å²) in [5, 5.41) is 9.10. The van der Waals surface area contributed by atoms with Gasteiger partial charge >= 0.3 is 0 Å². The SMILES string of the molecule is COCCCC1(C#N)CCCCC1=O. The Morgan fingerprint density at radius 2 is 2.36 bits per heavy atom. The van der Waals surface area contributed by atoms with E-state index in [1.165, 1.54) is 0 Å². The quantitative estimate of drug-likeness (QED) is 0.645. The molecule has 0 aromatic rings. The van der Waals surface area contributed by atoms with Crippen LogP contribution in [0.15, 0.2) is 0 Å². The zero-order chi connectivity index (χ0) is 10.4. The van der Waals surface area contributed by atoms with Gasteiger partial charge in [-0.15, -0.1) is 0 Å². The fourth-order valence-corrected chi connectivity index (χ4v) is 2.05. The number of rotatable bonds is 4. The Hall–Kier alpha value is -0.880. The van der Waals surface area contributed by atoms with Crippen LogP contribution in [0.3, 0.4) is 0 Å². The van der Waals surface area contributed by atoms with Gasteiger partial charge in [-0.05, 0) is 25.7 Å². The molecule has 1 atom stereocenters. The molecule has 0 aromatic carbocycles. The second-order valence-corrected chi connectivity index (χ2v) is 3.92. The molecule has 0 radical (unpaired) electrons. The number of ether oxygens (including phenoxy) is 1. The molecule has 0 spiro atoms. The summed E-state index contributed by atoms with van der Waals surface area (Å²) >= 11 is 0. The molecule has 0 saturated heterocycles. The lowest BCUT2D eigenvalue weighted by Crippen LogP contribution is -2.33. The summed E-state index contributed by atoms with van der Waals surface area (Å²) < 4.78 is 4.94. The maximum atomic E-state index is 11.7. The molecule has 78 valence electrons. The Bertz CT molecular complexity index is 244. The van der Waals surface area contributed by atoms with Crippen LogP contribution in [-0.4, -0.2) is 19.5 Å². The molecule has 1 rings (SSSR count). The van der Waals surface area contributed by atoms with E-state index in [1.54, 1.807) is 7.11 Å². The molecule has 1 aliphatic rings. The molecule has 0 N–H and O–H groups in total. The van der Waals surface area contributed by atoms with Crippen molar-refractivity contribution in [3.63, 3.8) is 0 Å². The topological polar surface area (TPSA) is 50.1 Å². The van der Waals surface area contributed by atoms with Gasteiger partial charge in [0.2, 0.25) is 0 Å². The van der Waals surface area contributed by atoms with Crippen LogP contribution in [0.4, 0.5) is 0 Å². The molecular formula is C11H17NO2. The molecule has 0 aromatic heterocycles. The first-order valence-corrected chi connectivity index (χ1v) is 5.19. The van der Waals surface area contributed by atoms with Crippen LogP contribution in [-0.2, 0) is 9.53 Å². The summed E-state index contributed by atoms with van der Waals surface area (Å²) in [6.45, 7) is 0.636. The summed E-state index contributed by atoms with van der Waals surface area (Å²) in [6, 6.07) is 2.22. The predicted octanol–water partition coefficient (Wildman–Crippen LogP) is 2.07. The first kappa shape index (κ1) is 11.2. The Morgan fingerprint density at radius 3 is 2.93 bits per heavy atom. The van der Waals surface area contributed by atoms with E-state index >= 15 is 0 Å².